The zero-order valence-corrected chi connectivity index (χ0v) is 14.9. The van der Waals surface area contributed by atoms with Crippen LogP contribution in [-0.4, -0.2) is 52.7 Å². The molecule has 0 aliphatic heterocycles. The first-order valence-electron chi connectivity index (χ1n) is 8.02. The van der Waals surface area contributed by atoms with Gasteiger partial charge in [-0.1, -0.05) is 11.6 Å². The van der Waals surface area contributed by atoms with Gasteiger partial charge in [-0.2, -0.15) is 0 Å². The normalized spacial score (nSPS) is 11.5. The third-order valence-corrected chi connectivity index (χ3v) is 3.66. The molecule has 0 radical (unpaired) electrons. The zero-order chi connectivity index (χ0) is 19.6. The molecule has 0 bridgehead atoms. The van der Waals surface area contributed by atoms with Crippen LogP contribution in [0, 0.1) is 5.82 Å². The van der Waals surface area contributed by atoms with Gasteiger partial charge in [0.05, 0.1) is 17.3 Å². The summed E-state index contributed by atoms with van der Waals surface area (Å²) in [4.78, 5) is 31.0. The first-order chi connectivity index (χ1) is 13.0. The highest BCUT2D eigenvalue weighted by atomic mass is 35.5. The number of aliphatic hydroxyl groups excluding tert-OH is 1. The van der Waals surface area contributed by atoms with Crippen molar-refractivity contribution in [3.63, 3.8) is 0 Å². The van der Waals surface area contributed by atoms with Crippen molar-refractivity contribution in [3.05, 3.63) is 53.3 Å². The van der Waals surface area contributed by atoms with Gasteiger partial charge in [0.1, 0.15) is 17.3 Å². The summed E-state index contributed by atoms with van der Waals surface area (Å²) in [6, 6.07) is 3.86. The van der Waals surface area contributed by atoms with Crippen LogP contribution >= 0.6 is 11.6 Å². The maximum absolute atomic E-state index is 13.3. The Morgan fingerprint density at radius 2 is 2.11 bits per heavy atom. The Balaban J connectivity index is 1.61. The van der Waals surface area contributed by atoms with Crippen molar-refractivity contribution >= 4 is 23.4 Å². The molecule has 2 aromatic rings. The number of ether oxygens (including phenoxy) is 1. The summed E-state index contributed by atoms with van der Waals surface area (Å²) in [7, 11) is 0. The molecular weight excluding hydrogens is 379 g/mol. The number of benzene rings is 1. The van der Waals surface area contributed by atoms with Crippen molar-refractivity contribution in [2.75, 3.05) is 19.7 Å². The lowest BCUT2D eigenvalue weighted by Crippen LogP contribution is -2.36. The average Bonchev–Trinajstić information content (AvgIpc) is 2.67. The topological polar surface area (TPSA) is 113 Å². The van der Waals surface area contributed by atoms with Crippen molar-refractivity contribution in [2.24, 2.45) is 0 Å². The smallest absolute Gasteiger partial charge is 0.271 e. The Morgan fingerprint density at radius 1 is 1.30 bits per heavy atom. The molecule has 1 heterocycles. The molecule has 0 saturated heterocycles. The van der Waals surface area contributed by atoms with Gasteiger partial charge in [0.25, 0.3) is 11.8 Å². The average molecular weight is 397 g/mol. The van der Waals surface area contributed by atoms with Crippen molar-refractivity contribution < 1.29 is 23.8 Å². The Labute approximate surface area is 159 Å². The number of halogens is 2. The number of nitrogens with one attached hydrogen (secondary N) is 2. The number of hydrogen-bond acceptors (Lipinski definition) is 6. The number of carbonyl (C=O) groups excluding carboxylic acids is 2. The van der Waals surface area contributed by atoms with Gasteiger partial charge in [-0.15, -0.1) is 0 Å². The summed E-state index contributed by atoms with van der Waals surface area (Å²) in [5, 5.41) is 14.9. The molecule has 0 aliphatic rings. The van der Waals surface area contributed by atoms with E-state index in [1.54, 1.807) is 0 Å². The van der Waals surface area contributed by atoms with Crippen molar-refractivity contribution in [2.45, 2.75) is 12.5 Å². The molecular formula is C17H18ClFN4O4. The summed E-state index contributed by atoms with van der Waals surface area (Å²) >= 11 is 5.56. The highest BCUT2D eigenvalue weighted by Crippen LogP contribution is 2.20. The van der Waals surface area contributed by atoms with Crippen LogP contribution in [0.4, 0.5) is 4.39 Å². The van der Waals surface area contributed by atoms with Crippen LogP contribution in [0.1, 0.15) is 16.9 Å². The molecule has 1 atom stereocenters. The molecule has 1 unspecified atom stereocenters. The van der Waals surface area contributed by atoms with Crippen LogP contribution < -0.4 is 15.4 Å². The van der Waals surface area contributed by atoms with Gasteiger partial charge in [-0.3, -0.25) is 14.6 Å². The number of rotatable bonds is 9. The third kappa shape index (κ3) is 7.16. The molecule has 10 heteroatoms. The van der Waals surface area contributed by atoms with Crippen LogP contribution in [0.2, 0.25) is 5.02 Å². The minimum Gasteiger partial charge on any atom is -0.484 e. The Morgan fingerprint density at radius 3 is 2.81 bits per heavy atom. The third-order valence-electron chi connectivity index (χ3n) is 3.35. The lowest BCUT2D eigenvalue weighted by molar-refractivity contribution is -0.123. The van der Waals surface area contributed by atoms with E-state index in [4.69, 9.17) is 16.3 Å². The molecule has 27 heavy (non-hydrogen) atoms. The van der Waals surface area contributed by atoms with E-state index in [9.17, 15) is 19.1 Å². The fourth-order valence-corrected chi connectivity index (χ4v) is 2.08. The van der Waals surface area contributed by atoms with E-state index >= 15 is 0 Å². The number of nitrogens with zero attached hydrogens (tertiary/aromatic N) is 2. The lowest BCUT2D eigenvalue weighted by Gasteiger charge is -2.12. The van der Waals surface area contributed by atoms with E-state index in [-0.39, 0.29) is 42.6 Å². The summed E-state index contributed by atoms with van der Waals surface area (Å²) in [5.41, 5.74) is 0.147. The standard InChI is InChI=1S/C17H18ClFN4O4/c18-13-2-1-12(7-14(13)19)27-10-16(25)22-4-3-11(24)8-23-17(26)15-9-20-5-6-21-15/h1-2,5-7,9,11,24H,3-4,8,10H2,(H,22,25)(H,23,26). The van der Waals surface area contributed by atoms with Gasteiger partial charge in [0.15, 0.2) is 6.61 Å². The predicted octanol–water partition coefficient (Wildman–Crippen LogP) is 0.945. The molecule has 1 aromatic carbocycles. The lowest BCUT2D eigenvalue weighted by atomic mass is 10.2. The van der Waals surface area contributed by atoms with E-state index in [1.165, 1.54) is 30.7 Å². The van der Waals surface area contributed by atoms with E-state index in [0.29, 0.717) is 0 Å². The first-order valence-corrected chi connectivity index (χ1v) is 8.40. The van der Waals surface area contributed by atoms with Crippen molar-refractivity contribution in [1.82, 2.24) is 20.6 Å². The SMILES string of the molecule is O=C(COc1ccc(Cl)c(F)c1)NCCC(O)CNC(=O)c1cnccn1. The molecule has 1 aromatic heterocycles. The minimum absolute atomic E-state index is 0.00578. The second-order valence-electron chi connectivity index (χ2n) is 5.46. The maximum atomic E-state index is 13.3. The van der Waals surface area contributed by atoms with Gasteiger partial charge in [-0.25, -0.2) is 9.37 Å². The van der Waals surface area contributed by atoms with E-state index < -0.39 is 23.7 Å². The number of carbonyl (C=O) groups is 2. The molecule has 0 aliphatic carbocycles. The van der Waals surface area contributed by atoms with Gasteiger partial charge in [0, 0.05) is 31.5 Å². The molecule has 144 valence electrons. The van der Waals surface area contributed by atoms with Crippen LogP contribution in [0.3, 0.4) is 0 Å². The summed E-state index contributed by atoms with van der Waals surface area (Å²) in [6.07, 6.45) is 3.52. The summed E-state index contributed by atoms with van der Waals surface area (Å²) in [6.45, 7) is -0.119. The summed E-state index contributed by atoms with van der Waals surface area (Å²) in [5.74, 6) is -1.34. The van der Waals surface area contributed by atoms with Crippen molar-refractivity contribution in [3.8, 4) is 5.75 Å². The largest absolute Gasteiger partial charge is 0.484 e. The van der Waals surface area contributed by atoms with Gasteiger partial charge < -0.3 is 20.5 Å². The maximum Gasteiger partial charge on any atom is 0.271 e. The molecule has 0 spiro atoms. The number of amides is 2. The minimum atomic E-state index is -0.850. The van der Waals surface area contributed by atoms with Crippen LogP contribution in [0.25, 0.3) is 0 Å². The molecule has 3 N–H and O–H groups in total. The molecule has 2 amide bonds. The Kier molecular flexibility index (Phi) is 7.90. The monoisotopic (exact) mass is 396 g/mol. The van der Waals surface area contributed by atoms with E-state index in [1.807, 2.05) is 0 Å². The Bertz CT molecular complexity index is 779. The van der Waals surface area contributed by atoms with Crippen molar-refractivity contribution in [1.29, 1.82) is 0 Å². The second-order valence-corrected chi connectivity index (χ2v) is 5.86. The fourth-order valence-electron chi connectivity index (χ4n) is 1.96. The van der Waals surface area contributed by atoms with Gasteiger partial charge >= 0.3 is 0 Å². The fraction of sp³-hybridized carbons (Fsp3) is 0.294. The van der Waals surface area contributed by atoms with Gasteiger partial charge in [-0.05, 0) is 18.6 Å². The first kappa shape index (κ1) is 20.5. The second kappa shape index (κ2) is 10.4. The van der Waals surface area contributed by atoms with Crippen LogP contribution in [-0.2, 0) is 4.79 Å². The molecule has 2 rings (SSSR count). The Hall–Kier alpha value is -2.78. The number of aliphatic hydroxyl groups is 1. The predicted molar refractivity (Wildman–Crippen MR) is 94.9 cm³/mol. The highest BCUT2D eigenvalue weighted by Gasteiger charge is 2.11. The highest BCUT2D eigenvalue weighted by molar-refractivity contribution is 6.30. The molecule has 8 nitrogen and oxygen atoms in total. The number of aromatic nitrogens is 2. The van der Waals surface area contributed by atoms with E-state index in [2.05, 4.69) is 20.6 Å². The van der Waals surface area contributed by atoms with Crippen LogP contribution in [0.15, 0.2) is 36.8 Å². The zero-order valence-electron chi connectivity index (χ0n) is 14.2. The van der Waals surface area contributed by atoms with Gasteiger partial charge in [0.2, 0.25) is 0 Å². The summed E-state index contributed by atoms with van der Waals surface area (Å²) < 4.78 is 18.4. The van der Waals surface area contributed by atoms with E-state index in [0.717, 1.165) is 6.07 Å². The molecule has 0 saturated carbocycles. The number of hydrogen-bond donors (Lipinski definition) is 3. The van der Waals surface area contributed by atoms with Crippen LogP contribution in [0.5, 0.6) is 5.75 Å². The molecule has 0 fully saturated rings. The quantitative estimate of drug-likeness (QED) is 0.581.